The van der Waals surface area contributed by atoms with Crippen LogP contribution in [0.25, 0.3) is 0 Å². The lowest BCUT2D eigenvalue weighted by Crippen LogP contribution is -2.69. The number of ether oxygens (including phenoxy) is 3. The quantitative estimate of drug-likeness (QED) is 0.568. The summed E-state index contributed by atoms with van der Waals surface area (Å²) in [5.41, 5.74) is -1.15. The van der Waals surface area contributed by atoms with Gasteiger partial charge in [-0.2, -0.15) is 0 Å². The molecule has 0 aromatic carbocycles. The summed E-state index contributed by atoms with van der Waals surface area (Å²) in [5.74, 6) is -1.69. The van der Waals surface area contributed by atoms with Gasteiger partial charge < -0.3 is 14.2 Å². The van der Waals surface area contributed by atoms with E-state index in [9.17, 15) is 9.59 Å². The molecule has 5 rings (SSSR count). The van der Waals surface area contributed by atoms with E-state index in [4.69, 9.17) is 14.2 Å². The van der Waals surface area contributed by atoms with Crippen LogP contribution in [0.1, 0.15) is 54.4 Å². The lowest BCUT2D eigenvalue weighted by Gasteiger charge is -2.55. The average Bonchev–Trinajstić information content (AvgIpc) is 2.66. The highest BCUT2D eigenvalue weighted by atomic mass is 16.7. The number of cyclic esters (lactones) is 1. The average molecular weight is 346 g/mol. The van der Waals surface area contributed by atoms with Gasteiger partial charge >= 0.3 is 5.97 Å². The molecule has 2 saturated heterocycles. The van der Waals surface area contributed by atoms with E-state index in [1.807, 2.05) is 39.8 Å². The molecular weight excluding hydrogens is 320 g/mol. The van der Waals surface area contributed by atoms with Gasteiger partial charge in [-0.1, -0.05) is 17.7 Å². The minimum Gasteiger partial charge on any atom is -0.430 e. The number of esters is 1. The fourth-order valence-electron chi connectivity index (χ4n) is 5.20. The largest absolute Gasteiger partial charge is 0.430 e. The zero-order valence-electron chi connectivity index (χ0n) is 15.8. The third kappa shape index (κ3) is 2.02. The smallest absolute Gasteiger partial charge is 0.339 e. The van der Waals surface area contributed by atoms with E-state index in [1.54, 1.807) is 13.8 Å². The summed E-state index contributed by atoms with van der Waals surface area (Å²) in [7, 11) is 0. The van der Waals surface area contributed by atoms with Gasteiger partial charge in [0.25, 0.3) is 0 Å². The van der Waals surface area contributed by atoms with Crippen LogP contribution in [0.3, 0.4) is 0 Å². The zero-order valence-corrected chi connectivity index (χ0v) is 15.8. The van der Waals surface area contributed by atoms with Crippen molar-refractivity contribution in [1.29, 1.82) is 0 Å². The van der Waals surface area contributed by atoms with Crippen LogP contribution in [0.4, 0.5) is 0 Å². The van der Waals surface area contributed by atoms with Crippen LogP contribution in [0.5, 0.6) is 0 Å². The molecule has 4 bridgehead atoms. The molecular formula is C20H26O5. The second-order valence-electron chi connectivity index (χ2n) is 9.04. The molecule has 5 nitrogen and oxygen atoms in total. The summed E-state index contributed by atoms with van der Waals surface area (Å²) in [4.78, 5) is 26.3. The Hall–Kier alpha value is -1.46. The van der Waals surface area contributed by atoms with Crippen LogP contribution in [0, 0.1) is 11.8 Å². The van der Waals surface area contributed by atoms with E-state index in [2.05, 4.69) is 0 Å². The molecule has 3 fully saturated rings. The monoisotopic (exact) mass is 346 g/mol. The van der Waals surface area contributed by atoms with Gasteiger partial charge in [-0.15, -0.1) is 0 Å². The van der Waals surface area contributed by atoms with Crippen molar-refractivity contribution in [2.45, 2.75) is 77.0 Å². The first-order chi connectivity index (χ1) is 11.4. The predicted octanol–water partition coefficient (Wildman–Crippen LogP) is 3.08. The summed E-state index contributed by atoms with van der Waals surface area (Å²) in [5, 5.41) is 0. The van der Waals surface area contributed by atoms with Crippen LogP contribution in [-0.4, -0.2) is 34.3 Å². The number of hydrogen-bond acceptors (Lipinski definition) is 5. The normalized spacial score (nSPS) is 42.6. The lowest BCUT2D eigenvalue weighted by atomic mass is 9.54. The molecule has 2 aliphatic heterocycles. The fourth-order valence-corrected chi connectivity index (χ4v) is 5.20. The Morgan fingerprint density at radius 2 is 1.88 bits per heavy atom. The van der Waals surface area contributed by atoms with Crippen molar-refractivity contribution < 1.29 is 23.8 Å². The highest BCUT2D eigenvalue weighted by Gasteiger charge is 2.76. The van der Waals surface area contributed by atoms with Crippen molar-refractivity contribution in [2.24, 2.45) is 11.8 Å². The summed E-state index contributed by atoms with van der Waals surface area (Å²) >= 11 is 0. The van der Waals surface area contributed by atoms with E-state index in [-0.39, 0.29) is 17.6 Å². The Morgan fingerprint density at radius 1 is 1.20 bits per heavy atom. The third-order valence-electron chi connectivity index (χ3n) is 6.14. The summed E-state index contributed by atoms with van der Waals surface area (Å²) < 4.78 is 18.0. The first-order valence-electron chi connectivity index (χ1n) is 8.98. The number of rotatable bonds is 2. The molecule has 25 heavy (non-hydrogen) atoms. The SMILES string of the molecule is CC(C)=CC[C@]12OC(C)(C)[C@H]3C[C@@]4(OC(C)(C)OC(=O)C4=C[C@H]31)C2=O. The van der Waals surface area contributed by atoms with Crippen LogP contribution in [-0.2, 0) is 23.8 Å². The predicted molar refractivity (Wildman–Crippen MR) is 90.6 cm³/mol. The van der Waals surface area contributed by atoms with Gasteiger partial charge in [0.15, 0.2) is 5.60 Å². The Labute approximate surface area is 148 Å². The summed E-state index contributed by atoms with van der Waals surface area (Å²) in [6.45, 7) is 11.5. The fraction of sp³-hybridized carbons (Fsp3) is 0.700. The van der Waals surface area contributed by atoms with E-state index < -0.39 is 28.6 Å². The van der Waals surface area contributed by atoms with E-state index in [0.29, 0.717) is 18.4 Å². The Morgan fingerprint density at radius 3 is 2.52 bits per heavy atom. The molecule has 0 amide bonds. The highest BCUT2D eigenvalue weighted by molar-refractivity contribution is 6.10. The maximum absolute atomic E-state index is 13.7. The first kappa shape index (κ1) is 17.0. The topological polar surface area (TPSA) is 61.8 Å². The summed E-state index contributed by atoms with van der Waals surface area (Å²) in [6.07, 6.45) is 4.93. The lowest BCUT2D eigenvalue weighted by molar-refractivity contribution is -0.276. The van der Waals surface area contributed by atoms with Gasteiger partial charge in [-0.05, 0) is 34.1 Å². The molecule has 0 aromatic rings. The number of allylic oxidation sites excluding steroid dienone is 1. The van der Waals surface area contributed by atoms with Crippen molar-refractivity contribution in [3.63, 3.8) is 0 Å². The van der Waals surface area contributed by atoms with Gasteiger partial charge in [0.05, 0.1) is 11.2 Å². The molecule has 2 heterocycles. The van der Waals surface area contributed by atoms with E-state index in [1.165, 1.54) is 0 Å². The number of Topliss-reactive ketones (excluding diaryl/α,β-unsaturated/α-hetero) is 1. The molecule has 5 aliphatic rings. The van der Waals surface area contributed by atoms with Crippen LogP contribution in [0.2, 0.25) is 0 Å². The van der Waals surface area contributed by atoms with Crippen molar-refractivity contribution in [3.05, 3.63) is 23.3 Å². The van der Waals surface area contributed by atoms with Gasteiger partial charge in [0.2, 0.25) is 11.6 Å². The molecule has 0 aromatic heterocycles. The zero-order chi connectivity index (χ0) is 18.4. The van der Waals surface area contributed by atoms with Gasteiger partial charge in [0.1, 0.15) is 5.60 Å². The minimum absolute atomic E-state index is 0.119. The second kappa shape index (κ2) is 4.63. The van der Waals surface area contributed by atoms with Crippen LogP contribution < -0.4 is 0 Å². The highest BCUT2D eigenvalue weighted by Crippen LogP contribution is 2.64. The van der Waals surface area contributed by atoms with Gasteiger partial charge in [0, 0.05) is 32.1 Å². The Kier molecular flexibility index (Phi) is 3.14. The number of carbonyl (C=O) groups excluding carboxylic acids is 2. The summed E-state index contributed by atoms with van der Waals surface area (Å²) in [6, 6.07) is 0. The molecule has 3 aliphatic carbocycles. The van der Waals surface area contributed by atoms with Crippen molar-refractivity contribution in [3.8, 4) is 0 Å². The van der Waals surface area contributed by atoms with Crippen molar-refractivity contribution >= 4 is 11.8 Å². The number of carbonyl (C=O) groups is 2. The molecule has 0 unspecified atom stereocenters. The second-order valence-corrected chi connectivity index (χ2v) is 9.04. The molecule has 1 spiro atoms. The van der Waals surface area contributed by atoms with Gasteiger partial charge in [-0.25, -0.2) is 4.79 Å². The maximum Gasteiger partial charge on any atom is 0.339 e. The minimum atomic E-state index is -1.25. The standard InChI is InChI=1S/C20H26O5/c1-11(2)7-8-19-12-9-13-15(21)23-18(5,6)25-20(13,16(19)22)10-14(12)17(3,4)24-19/h7,9,12,14H,8,10H2,1-6H3/t12-,14+,19+,20+/m1/s1. The van der Waals surface area contributed by atoms with Crippen molar-refractivity contribution in [2.75, 3.05) is 0 Å². The first-order valence-corrected chi connectivity index (χ1v) is 8.98. The molecule has 4 atom stereocenters. The maximum atomic E-state index is 13.7. The van der Waals surface area contributed by atoms with Crippen LogP contribution >= 0.6 is 0 Å². The number of ketones is 1. The molecule has 136 valence electrons. The molecule has 5 heteroatoms. The Balaban J connectivity index is 1.91. The van der Waals surface area contributed by atoms with Crippen LogP contribution in [0.15, 0.2) is 23.3 Å². The molecule has 0 N–H and O–H groups in total. The van der Waals surface area contributed by atoms with Crippen molar-refractivity contribution in [1.82, 2.24) is 0 Å². The Bertz CT molecular complexity index is 739. The van der Waals surface area contributed by atoms with E-state index >= 15 is 0 Å². The van der Waals surface area contributed by atoms with E-state index in [0.717, 1.165) is 5.57 Å². The van der Waals surface area contributed by atoms with Gasteiger partial charge in [-0.3, -0.25) is 4.79 Å². The number of hydrogen-bond donors (Lipinski definition) is 0. The molecule has 1 saturated carbocycles. The molecule has 0 radical (unpaired) electrons. The third-order valence-corrected chi connectivity index (χ3v) is 6.14.